The van der Waals surface area contributed by atoms with Crippen LogP contribution in [0.25, 0.3) is 0 Å². The molecular formula is C15H11Br2FO2. The lowest BCUT2D eigenvalue weighted by Gasteiger charge is -2.11. The highest BCUT2D eigenvalue weighted by Crippen LogP contribution is 2.30. The van der Waals surface area contributed by atoms with Crippen LogP contribution in [0.1, 0.15) is 21.5 Å². The highest BCUT2D eigenvalue weighted by Gasteiger charge is 2.20. The highest BCUT2D eigenvalue weighted by molar-refractivity contribution is 9.10. The molecule has 2 nitrogen and oxygen atoms in total. The minimum atomic E-state index is -0.573. The lowest BCUT2D eigenvalue weighted by molar-refractivity contribution is 0.103. The molecule has 0 aliphatic rings. The van der Waals surface area contributed by atoms with Crippen LogP contribution in [0.4, 0.5) is 4.39 Å². The maximum atomic E-state index is 14.0. The van der Waals surface area contributed by atoms with Crippen molar-refractivity contribution in [1.29, 1.82) is 0 Å². The van der Waals surface area contributed by atoms with E-state index in [-0.39, 0.29) is 10.0 Å². The van der Waals surface area contributed by atoms with E-state index in [1.165, 1.54) is 13.2 Å². The van der Waals surface area contributed by atoms with Gasteiger partial charge < -0.3 is 4.74 Å². The normalized spacial score (nSPS) is 10.4. The summed E-state index contributed by atoms with van der Waals surface area (Å²) in [6, 6.07) is 8.02. The Labute approximate surface area is 133 Å². The summed E-state index contributed by atoms with van der Waals surface area (Å²) in [5.41, 5.74) is 1.27. The summed E-state index contributed by atoms with van der Waals surface area (Å²) in [6.45, 7) is 1.89. The summed E-state index contributed by atoms with van der Waals surface area (Å²) in [5.74, 6) is -0.562. The van der Waals surface area contributed by atoms with Gasteiger partial charge in [0.15, 0.2) is 5.78 Å². The summed E-state index contributed by atoms with van der Waals surface area (Å²) >= 11 is 6.45. The van der Waals surface area contributed by atoms with Crippen molar-refractivity contribution in [1.82, 2.24) is 0 Å². The first-order valence-corrected chi connectivity index (χ1v) is 7.37. The Morgan fingerprint density at radius 2 is 1.85 bits per heavy atom. The van der Waals surface area contributed by atoms with Crippen molar-refractivity contribution >= 4 is 37.6 Å². The van der Waals surface area contributed by atoms with Crippen molar-refractivity contribution in [3.8, 4) is 5.75 Å². The molecule has 2 aromatic carbocycles. The molecule has 0 radical (unpaired) electrons. The number of methoxy groups -OCH3 is 1. The third kappa shape index (κ3) is 2.79. The number of hydrogen-bond donors (Lipinski definition) is 0. The van der Waals surface area contributed by atoms with Gasteiger partial charge in [-0.05, 0) is 52.7 Å². The van der Waals surface area contributed by atoms with E-state index in [4.69, 9.17) is 4.74 Å². The summed E-state index contributed by atoms with van der Waals surface area (Å²) in [7, 11) is 1.48. The highest BCUT2D eigenvalue weighted by atomic mass is 79.9. The minimum Gasteiger partial charge on any atom is -0.496 e. The molecule has 0 atom stereocenters. The molecular weight excluding hydrogens is 391 g/mol. The van der Waals surface area contributed by atoms with E-state index in [2.05, 4.69) is 31.9 Å². The number of rotatable bonds is 3. The smallest absolute Gasteiger partial charge is 0.199 e. The zero-order valence-corrected chi connectivity index (χ0v) is 14.0. The number of hydrogen-bond acceptors (Lipinski definition) is 2. The first kappa shape index (κ1) is 15.2. The van der Waals surface area contributed by atoms with Gasteiger partial charge in [0.1, 0.15) is 11.6 Å². The van der Waals surface area contributed by atoms with Crippen LogP contribution >= 0.6 is 31.9 Å². The van der Waals surface area contributed by atoms with Crippen LogP contribution in [0.2, 0.25) is 0 Å². The molecule has 2 rings (SSSR count). The molecule has 2 aromatic rings. The second-order valence-corrected chi connectivity index (χ2v) is 5.94. The molecule has 0 N–H and O–H groups in total. The van der Waals surface area contributed by atoms with Crippen LogP contribution in [-0.4, -0.2) is 12.9 Å². The molecule has 104 valence electrons. The monoisotopic (exact) mass is 400 g/mol. The van der Waals surface area contributed by atoms with Gasteiger partial charge in [0.2, 0.25) is 0 Å². The predicted octanol–water partition coefficient (Wildman–Crippen LogP) is 4.90. The number of benzene rings is 2. The van der Waals surface area contributed by atoms with Crippen LogP contribution in [0.5, 0.6) is 5.75 Å². The lowest BCUT2D eigenvalue weighted by Crippen LogP contribution is -2.07. The maximum Gasteiger partial charge on any atom is 0.199 e. The van der Waals surface area contributed by atoms with Crippen LogP contribution in [-0.2, 0) is 0 Å². The second-order valence-electron chi connectivity index (χ2n) is 4.23. The second kappa shape index (κ2) is 6.06. The van der Waals surface area contributed by atoms with Gasteiger partial charge in [0.25, 0.3) is 0 Å². The van der Waals surface area contributed by atoms with Crippen LogP contribution in [0.3, 0.4) is 0 Å². The Balaban J connectivity index is 2.59. The topological polar surface area (TPSA) is 26.3 Å². The SMILES string of the molecule is COc1cc(C)c(Br)cc1C(=O)c1cccc(Br)c1F. The summed E-state index contributed by atoms with van der Waals surface area (Å²) in [4.78, 5) is 12.5. The van der Waals surface area contributed by atoms with Crippen molar-refractivity contribution in [2.75, 3.05) is 7.11 Å². The van der Waals surface area contributed by atoms with Gasteiger partial charge in [-0.2, -0.15) is 0 Å². The fraction of sp³-hybridized carbons (Fsp3) is 0.133. The van der Waals surface area contributed by atoms with Gasteiger partial charge in [0.05, 0.1) is 22.7 Å². The summed E-state index contributed by atoms with van der Waals surface area (Å²) in [5, 5.41) is 0. The number of aryl methyl sites for hydroxylation is 1. The molecule has 0 aliphatic heterocycles. The number of carbonyl (C=O) groups is 1. The van der Waals surface area contributed by atoms with Gasteiger partial charge in [-0.1, -0.05) is 22.0 Å². The van der Waals surface area contributed by atoms with E-state index in [0.29, 0.717) is 11.3 Å². The molecule has 0 fully saturated rings. The Hall–Kier alpha value is -1.20. The lowest BCUT2D eigenvalue weighted by atomic mass is 10.0. The minimum absolute atomic E-state index is 0.00780. The molecule has 0 amide bonds. The predicted molar refractivity (Wildman–Crippen MR) is 83.0 cm³/mol. The van der Waals surface area contributed by atoms with E-state index in [1.807, 2.05) is 6.92 Å². The van der Waals surface area contributed by atoms with Crippen LogP contribution < -0.4 is 4.74 Å². The average Bonchev–Trinajstić information content (AvgIpc) is 2.43. The molecule has 0 heterocycles. The molecule has 0 saturated carbocycles. The Morgan fingerprint density at radius 3 is 2.50 bits per heavy atom. The molecule has 0 spiro atoms. The van der Waals surface area contributed by atoms with Gasteiger partial charge in [0, 0.05) is 4.47 Å². The van der Waals surface area contributed by atoms with Crippen molar-refractivity contribution in [2.45, 2.75) is 6.92 Å². The first-order valence-electron chi connectivity index (χ1n) is 5.78. The van der Waals surface area contributed by atoms with Crippen molar-refractivity contribution in [3.63, 3.8) is 0 Å². The Kier molecular flexibility index (Phi) is 4.60. The quantitative estimate of drug-likeness (QED) is 0.683. The Bertz CT molecular complexity index is 684. The summed E-state index contributed by atoms with van der Waals surface area (Å²) < 4.78 is 20.3. The number of ketones is 1. The maximum absolute atomic E-state index is 14.0. The average molecular weight is 402 g/mol. The van der Waals surface area contributed by atoms with Gasteiger partial charge in [-0.25, -0.2) is 4.39 Å². The van der Waals surface area contributed by atoms with Crippen molar-refractivity contribution in [3.05, 3.63) is 61.8 Å². The van der Waals surface area contributed by atoms with Gasteiger partial charge in [-0.15, -0.1) is 0 Å². The molecule has 0 saturated heterocycles. The van der Waals surface area contributed by atoms with Crippen molar-refractivity contribution in [2.24, 2.45) is 0 Å². The molecule has 0 aromatic heterocycles. The first-order chi connectivity index (χ1) is 9.45. The third-order valence-electron chi connectivity index (χ3n) is 2.92. The fourth-order valence-corrected chi connectivity index (χ4v) is 2.54. The zero-order valence-electron chi connectivity index (χ0n) is 10.8. The van der Waals surface area contributed by atoms with E-state index in [1.54, 1.807) is 24.3 Å². The largest absolute Gasteiger partial charge is 0.496 e. The van der Waals surface area contributed by atoms with Crippen molar-refractivity contribution < 1.29 is 13.9 Å². The van der Waals surface area contributed by atoms with E-state index >= 15 is 0 Å². The molecule has 0 aliphatic carbocycles. The van der Waals surface area contributed by atoms with Crippen LogP contribution in [0, 0.1) is 12.7 Å². The Morgan fingerprint density at radius 1 is 1.15 bits per heavy atom. The third-order valence-corrected chi connectivity index (χ3v) is 4.39. The zero-order chi connectivity index (χ0) is 14.9. The van der Waals surface area contributed by atoms with Crippen LogP contribution in [0.15, 0.2) is 39.3 Å². The standard InChI is InChI=1S/C15H11Br2FO2/c1-8-6-13(20-2)10(7-12(8)17)15(19)9-4-3-5-11(16)14(9)18/h3-7H,1-2H3. The number of carbonyl (C=O) groups excluding carboxylic acids is 1. The molecule has 0 unspecified atom stereocenters. The van der Waals surface area contributed by atoms with E-state index in [9.17, 15) is 9.18 Å². The molecule has 5 heteroatoms. The number of halogens is 3. The molecule has 0 bridgehead atoms. The summed E-state index contributed by atoms with van der Waals surface area (Å²) in [6.07, 6.45) is 0. The molecule has 20 heavy (non-hydrogen) atoms. The fourth-order valence-electron chi connectivity index (χ4n) is 1.83. The van der Waals surface area contributed by atoms with Gasteiger partial charge >= 0.3 is 0 Å². The van der Waals surface area contributed by atoms with Gasteiger partial charge in [-0.3, -0.25) is 4.79 Å². The van der Waals surface area contributed by atoms with E-state index in [0.717, 1.165) is 10.0 Å². The number of ether oxygens (including phenoxy) is 1. The van der Waals surface area contributed by atoms with E-state index < -0.39 is 11.6 Å².